The van der Waals surface area contributed by atoms with Crippen LogP contribution < -0.4 is 5.32 Å². The molecule has 1 aliphatic heterocycles. The average Bonchev–Trinajstić information content (AvgIpc) is 2.90. The Morgan fingerprint density at radius 3 is 2.83 bits per heavy atom. The van der Waals surface area contributed by atoms with E-state index in [4.69, 9.17) is 0 Å². The van der Waals surface area contributed by atoms with Crippen molar-refractivity contribution >= 4 is 30.1 Å². The van der Waals surface area contributed by atoms with E-state index in [1.54, 1.807) is 24.2 Å². The Labute approximate surface area is 118 Å². The van der Waals surface area contributed by atoms with Crippen LogP contribution in [0, 0.1) is 0 Å². The van der Waals surface area contributed by atoms with Crippen LogP contribution in [-0.2, 0) is 11.3 Å². The topological polar surface area (TPSA) is 45.2 Å². The van der Waals surface area contributed by atoms with Crippen molar-refractivity contribution in [3.05, 3.63) is 30.1 Å². The zero-order chi connectivity index (χ0) is 12.1. The maximum Gasteiger partial charge on any atom is 0.240 e. The van der Waals surface area contributed by atoms with Crippen LogP contribution in [0.15, 0.2) is 24.5 Å². The Morgan fingerprint density at radius 1 is 1.56 bits per heavy atom. The van der Waals surface area contributed by atoms with Gasteiger partial charge in [0.05, 0.1) is 6.04 Å². The monoisotopic (exact) mass is 287 g/mol. The molecule has 1 fully saturated rings. The van der Waals surface area contributed by atoms with Gasteiger partial charge in [-0.05, 0) is 24.6 Å². The molecule has 4 nitrogen and oxygen atoms in total. The van der Waals surface area contributed by atoms with Gasteiger partial charge in [-0.15, -0.1) is 24.2 Å². The lowest BCUT2D eigenvalue weighted by Gasteiger charge is -2.24. The van der Waals surface area contributed by atoms with Crippen molar-refractivity contribution in [2.24, 2.45) is 0 Å². The molecule has 1 saturated heterocycles. The lowest BCUT2D eigenvalue weighted by Crippen LogP contribution is -2.44. The van der Waals surface area contributed by atoms with Crippen molar-refractivity contribution in [3.8, 4) is 0 Å². The first-order valence-corrected chi connectivity index (χ1v) is 6.95. The van der Waals surface area contributed by atoms with Crippen LogP contribution >= 0.6 is 24.2 Å². The fourth-order valence-electron chi connectivity index (χ4n) is 1.83. The van der Waals surface area contributed by atoms with Crippen LogP contribution in [0.4, 0.5) is 0 Å². The third-order valence-electron chi connectivity index (χ3n) is 2.83. The molecule has 0 bridgehead atoms. The second-order valence-electron chi connectivity index (χ2n) is 3.98. The maximum atomic E-state index is 12.2. The number of pyridine rings is 1. The number of halogens is 1. The molecule has 0 aromatic carbocycles. The number of carbonyl (C=O) groups is 1. The smallest absolute Gasteiger partial charge is 0.240 e. The van der Waals surface area contributed by atoms with Crippen LogP contribution in [-0.4, -0.2) is 40.0 Å². The number of nitrogens with zero attached hydrogens (tertiary/aromatic N) is 2. The van der Waals surface area contributed by atoms with Gasteiger partial charge in [0.1, 0.15) is 0 Å². The van der Waals surface area contributed by atoms with Crippen LogP contribution in [0.25, 0.3) is 0 Å². The molecule has 0 radical (unpaired) electrons. The van der Waals surface area contributed by atoms with Gasteiger partial charge >= 0.3 is 0 Å². The standard InChI is InChI=1S/C12H17N3OS.ClH/c1-2-15(7-10-3-5-13-6-4-10)12(16)11-8-17-9-14-11;/h3-6,11,14H,2,7-9H2,1H3;1H. The van der Waals surface area contributed by atoms with Crippen molar-refractivity contribution in [2.45, 2.75) is 19.5 Å². The molecule has 100 valence electrons. The predicted molar refractivity (Wildman–Crippen MR) is 76.8 cm³/mol. The molecular weight excluding hydrogens is 270 g/mol. The predicted octanol–water partition coefficient (Wildman–Crippen LogP) is 1.51. The number of hydrogen-bond donors (Lipinski definition) is 1. The summed E-state index contributed by atoms with van der Waals surface area (Å²) in [6.45, 7) is 3.42. The summed E-state index contributed by atoms with van der Waals surface area (Å²) in [5.74, 6) is 1.96. The highest BCUT2D eigenvalue weighted by Crippen LogP contribution is 2.13. The second-order valence-corrected chi connectivity index (χ2v) is 5.01. The second kappa shape index (κ2) is 7.61. The third-order valence-corrected chi connectivity index (χ3v) is 3.77. The fourth-order valence-corrected chi connectivity index (χ4v) is 2.76. The van der Waals surface area contributed by atoms with Crippen molar-refractivity contribution < 1.29 is 4.79 Å². The van der Waals surface area contributed by atoms with Crippen molar-refractivity contribution in [3.63, 3.8) is 0 Å². The summed E-state index contributed by atoms with van der Waals surface area (Å²) in [5, 5.41) is 3.22. The molecule has 2 heterocycles. The van der Waals surface area contributed by atoms with Crippen LogP contribution in [0.1, 0.15) is 12.5 Å². The molecule has 1 aliphatic rings. The summed E-state index contributed by atoms with van der Waals surface area (Å²) in [6.07, 6.45) is 3.52. The molecule has 2 rings (SSSR count). The molecule has 1 aromatic rings. The summed E-state index contributed by atoms with van der Waals surface area (Å²) in [5.41, 5.74) is 1.13. The SMILES string of the molecule is CCN(Cc1ccncc1)C(=O)C1CSCN1.Cl. The largest absolute Gasteiger partial charge is 0.337 e. The Bertz CT molecular complexity index is 371. The summed E-state index contributed by atoms with van der Waals surface area (Å²) >= 11 is 1.78. The minimum absolute atomic E-state index is 0. The van der Waals surface area contributed by atoms with Gasteiger partial charge in [-0.3, -0.25) is 15.1 Å². The molecule has 0 spiro atoms. The Balaban J connectivity index is 0.00000162. The van der Waals surface area contributed by atoms with Gasteiger partial charge in [0, 0.05) is 37.1 Å². The van der Waals surface area contributed by atoms with Crippen LogP contribution in [0.3, 0.4) is 0 Å². The minimum atomic E-state index is -0.0122. The molecule has 1 N–H and O–H groups in total. The van der Waals surface area contributed by atoms with E-state index in [0.29, 0.717) is 6.54 Å². The Hall–Kier alpha value is -0.780. The highest BCUT2D eigenvalue weighted by molar-refractivity contribution is 7.99. The number of hydrogen-bond acceptors (Lipinski definition) is 4. The summed E-state index contributed by atoms with van der Waals surface area (Å²) in [6, 6.07) is 3.89. The van der Waals surface area contributed by atoms with E-state index in [9.17, 15) is 4.79 Å². The molecule has 18 heavy (non-hydrogen) atoms. The van der Waals surface area contributed by atoms with Crippen molar-refractivity contribution in [2.75, 3.05) is 18.2 Å². The Kier molecular flexibility index (Phi) is 6.46. The van der Waals surface area contributed by atoms with E-state index in [1.165, 1.54) is 0 Å². The number of nitrogens with one attached hydrogen (secondary N) is 1. The quantitative estimate of drug-likeness (QED) is 0.912. The van der Waals surface area contributed by atoms with E-state index in [1.807, 2.05) is 24.0 Å². The Morgan fingerprint density at radius 2 is 2.28 bits per heavy atom. The molecule has 1 aromatic heterocycles. The van der Waals surface area contributed by atoms with Crippen molar-refractivity contribution in [1.82, 2.24) is 15.2 Å². The number of carbonyl (C=O) groups excluding carboxylic acids is 1. The zero-order valence-corrected chi connectivity index (χ0v) is 12.0. The fraction of sp³-hybridized carbons (Fsp3) is 0.500. The molecule has 0 saturated carbocycles. The van der Waals surface area contributed by atoms with Gasteiger partial charge < -0.3 is 4.90 Å². The summed E-state index contributed by atoms with van der Waals surface area (Å²) in [7, 11) is 0. The van der Waals surface area contributed by atoms with E-state index in [2.05, 4.69) is 10.3 Å². The highest BCUT2D eigenvalue weighted by atomic mass is 35.5. The maximum absolute atomic E-state index is 12.2. The number of likely N-dealkylation sites (N-methyl/N-ethyl adjacent to an activating group) is 1. The molecule has 0 aliphatic carbocycles. The first kappa shape index (κ1) is 15.3. The van der Waals surface area contributed by atoms with E-state index < -0.39 is 0 Å². The van der Waals surface area contributed by atoms with Gasteiger partial charge in [-0.25, -0.2) is 0 Å². The minimum Gasteiger partial charge on any atom is -0.337 e. The van der Waals surface area contributed by atoms with Gasteiger partial charge in [0.2, 0.25) is 5.91 Å². The van der Waals surface area contributed by atoms with E-state index in [0.717, 1.165) is 23.7 Å². The number of rotatable bonds is 4. The zero-order valence-electron chi connectivity index (χ0n) is 10.3. The summed E-state index contributed by atoms with van der Waals surface area (Å²) < 4.78 is 0. The van der Waals surface area contributed by atoms with Crippen molar-refractivity contribution in [1.29, 1.82) is 0 Å². The first-order valence-electron chi connectivity index (χ1n) is 5.80. The molecule has 1 amide bonds. The number of aromatic nitrogens is 1. The van der Waals surface area contributed by atoms with Gasteiger partial charge in [0.15, 0.2) is 0 Å². The van der Waals surface area contributed by atoms with Crippen LogP contribution in [0.5, 0.6) is 0 Å². The average molecular weight is 288 g/mol. The first-order chi connectivity index (χ1) is 8.31. The van der Waals surface area contributed by atoms with Gasteiger partial charge in [-0.1, -0.05) is 0 Å². The molecule has 1 unspecified atom stereocenters. The van der Waals surface area contributed by atoms with E-state index >= 15 is 0 Å². The van der Waals surface area contributed by atoms with Gasteiger partial charge in [-0.2, -0.15) is 0 Å². The number of thioether (sulfide) groups is 1. The molecule has 1 atom stereocenters. The third kappa shape index (κ3) is 3.86. The molecule has 6 heteroatoms. The highest BCUT2D eigenvalue weighted by Gasteiger charge is 2.26. The summed E-state index contributed by atoms with van der Waals surface area (Å²) in [4.78, 5) is 18.1. The number of amides is 1. The van der Waals surface area contributed by atoms with E-state index in [-0.39, 0.29) is 24.4 Å². The normalized spacial score (nSPS) is 18.2. The lowest BCUT2D eigenvalue weighted by atomic mass is 10.2. The van der Waals surface area contributed by atoms with Gasteiger partial charge in [0.25, 0.3) is 0 Å². The van der Waals surface area contributed by atoms with Crippen LogP contribution in [0.2, 0.25) is 0 Å². The molecular formula is C12H18ClN3OS. The lowest BCUT2D eigenvalue weighted by molar-refractivity contribution is -0.133.